The highest BCUT2D eigenvalue weighted by atomic mass is 15.3. The van der Waals surface area contributed by atoms with E-state index in [0.717, 1.165) is 43.8 Å². The number of anilines is 3. The lowest BCUT2D eigenvalue weighted by molar-refractivity contribution is 0.311. The highest BCUT2D eigenvalue weighted by Crippen LogP contribution is 2.24. The average molecular weight is 332 g/mol. The summed E-state index contributed by atoms with van der Waals surface area (Å²) in [6.45, 7) is 4.13. The van der Waals surface area contributed by atoms with Crippen LogP contribution in [-0.4, -0.2) is 68.2 Å². The van der Waals surface area contributed by atoms with E-state index in [1.165, 1.54) is 38.5 Å². The third-order valence-corrected chi connectivity index (χ3v) is 5.15. The van der Waals surface area contributed by atoms with Gasteiger partial charge < -0.3 is 20.0 Å². The van der Waals surface area contributed by atoms with Gasteiger partial charge in [-0.1, -0.05) is 25.7 Å². The molecular weight excluding hydrogens is 300 g/mol. The lowest BCUT2D eigenvalue weighted by Crippen LogP contribution is -2.45. The van der Waals surface area contributed by atoms with Crippen LogP contribution in [0.4, 0.5) is 17.6 Å². The molecule has 6 heteroatoms. The van der Waals surface area contributed by atoms with Gasteiger partial charge in [-0.05, 0) is 19.9 Å². The van der Waals surface area contributed by atoms with Crippen molar-refractivity contribution in [2.24, 2.45) is 0 Å². The summed E-state index contributed by atoms with van der Waals surface area (Å²) in [6, 6.07) is 2.64. The Morgan fingerprint density at radius 2 is 1.67 bits per heavy atom. The molecule has 0 unspecified atom stereocenters. The molecule has 1 N–H and O–H groups in total. The van der Waals surface area contributed by atoms with Crippen LogP contribution in [-0.2, 0) is 0 Å². The monoisotopic (exact) mass is 332 g/mol. The molecule has 1 aromatic rings. The molecule has 2 aliphatic rings. The van der Waals surface area contributed by atoms with Crippen LogP contribution in [0.5, 0.6) is 0 Å². The van der Waals surface area contributed by atoms with Gasteiger partial charge in [-0.3, -0.25) is 0 Å². The van der Waals surface area contributed by atoms with Crippen LogP contribution in [0.2, 0.25) is 0 Å². The predicted octanol–water partition coefficient (Wildman–Crippen LogP) is 2.43. The van der Waals surface area contributed by atoms with E-state index in [0.29, 0.717) is 6.04 Å². The predicted molar refractivity (Wildman–Crippen MR) is 101 cm³/mol. The van der Waals surface area contributed by atoms with Crippen molar-refractivity contribution in [2.75, 3.05) is 62.4 Å². The first kappa shape index (κ1) is 17.3. The highest BCUT2D eigenvalue weighted by Gasteiger charge is 2.19. The van der Waals surface area contributed by atoms with E-state index < -0.39 is 0 Å². The molecule has 24 heavy (non-hydrogen) atoms. The van der Waals surface area contributed by atoms with Gasteiger partial charge in [0.2, 0.25) is 5.95 Å². The van der Waals surface area contributed by atoms with E-state index in [-0.39, 0.29) is 0 Å². The van der Waals surface area contributed by atoms with Crippen molar-refractivity contribution in [3.8, 4) is 0 Å². The summed E-state index contributed by atoms with van der Waals surface area (Å²) in [7, 11) is 6.27. The Morgan fingerprint density at radius 1 is 1.00 bits per heavy atom. The van der Waals surface area contributed by atoms with Gasteiger partial charge in [0.1, 0.15) is 11.6 Å². The summed E-state index contributed by atoms with van der Waals surface area (Å²) in [4.78, 5) is 16.4. The van der Waals surface area contributed by atoms with Crippen LogP contribution < -0.4 is 15.1 Å². The molecule has 3 rings (SSSR count). The molecule has 0 amide bonds. The van der Waals surface area contributed by atoms with Crippen LogP contribution in [0.25, 0.3) is 0 Å². The number of nitrogens with one attached hydrogen (secondary N) is 1. The normalized spacial score (nSPS) is 20.7. The quantitative estimate of drug-likeness (QED) is 0.855. The van der Waals surface area contributed by atoms with Crippen molar-refractivity contribution >= 4 is 17.6 Å². The summed E-state index contributed by atoms with van der Waals surface area (Å²) < 4.78 is 0. The fourth-order valence-electron chi connectivity index (χ4n) is 3.51. The minimum Gasteiger partial charge on any atom is -0.367 e. The summed E-state index contributed by atoms with van der Waals surface area (Å²) >= 11 is 0. The van der Waals surface area contributed by atoms with E-state index in [2.05, 4.69) is 33.1 Å². The summed E-state index contributed by atoms with van der Waals surface area (Å²) in [6.07, 6.45) is 7.91. The Morgan fingerprint density at radius 3 is 2.29 bits per heavy atom. The standard InChI is InChI=1S/C18H32N6/c1-22(2)17-14-16(19-15-8-6-4-5-7-9-15)20-18(21-17)24-12-10-23(3)11-13-24/h14-15H,4-13H2,1-3H3,(H,19,20,21). The van der Waals surface area contributed by atoms with Crippen LogP contribution in [0.15, 0.2) is 6.07 Å². The Hall–Kier alpha value is -1.56. The lowest BCUT2D eigenvalue weighted by atomic mass is 10.1. The molecule has 1 saturated heterocycles. The molecule has 0 bridgehead atoms. The van der Waals surface area contributed by atoms with Gasteiger partial charge in [-0.15, -0.1) is 0 Å². The minimum atomic E-state index is 0.553. The first-order valence-electron chi connectivity index (χ1n) is 9.38. The topological polar surface area (TPSA) is 47.5 Å². The maximum Gasteiger partial charge on any atom is 0.229 e. The molecule has 0 aromatic carbocycles. The third kappa shape index (κ3) is 4.50. The fourth-order valence-corrected chi connectivity index (χ4v) is 3.51. The van der Waals surface area contributed by atoms with Crippen molar-refractivity contribution in [1.82, 2.24) is 14.9 Å². The molecule has 1 aromatic heterocycles. The zero-order chi connectivity index (χ0) is 16.9. The van der Waals surface area contributed by atoms with Crippen LogP contribution in [0.3, 0.4) is 0 Å². The van der Waals surface area contributed by atoms with Crippen molar-refractivity contribution in [3.63, 3.8) is 0 Å². The highest BCUT2D eigenvalue weighted by molar-refractivity contribution is 5.54. The Bertz CT molecular complexity index is 516. The van der Waals surface area contributed by atoms with Crippen molar-refractivity contribution in [1.29, 1.82) is 0 Å². The minimum absolute atomic E-state index is 0.553. The van der Waals surface area contributed by atoms with Gasteiger partial charge in [0.15, 0.2) is 0 Å². The van der Waals surface area contributed by atoms with Gasteiger partial charge in [0.05, 0.1) is 0 Å². The molecule has 6 nitrogen and oxygen atoms in total. The van der Waals surface area contributed by atoms with Crippen LogP contribution in [0, 0.1) is 0 Å². The molecule has 2 fully saturated rings. The molecular formula is C18H32N6. The maximum atomic E-state index is 4.85. The zero-order valence-electron chi connectivity index (χ0n) is 15.5. The van der Waals surface area contributed by atoms with Gasteiger partial charge in [0, 0.05) is 52.4 Å². The molecule has 1 aliphatic heterocycles. The second kappa shape index (κ2) is 8.01. The van der Waals surface area contributed by atoms with Gasteiger partial charge in [0.25, 0.3) is 0 Å². The van der Waals surface area contributed by atoms with Gasteiger partial charge in [-0.2, -0.15) is 9.97 Å². The zero-order valence-corrected chi connectivity index (χ0v) is 15.5. The molecule has 1 aliphatic carbocycles. The Kier molecular flexibility index (Phi) is 5.76. The Balaban J connectivity index is 1.77. The summed E-state index contributed by atoms with van der Waals surface area (Å²) in [5.41, 5.74) is 0. The van der Waals surface area contributed by atoms with Crippen LogP contribution in [0.1, 0.15) is 38.5 Å². The SMILES string of the molecule is CN1CCN(c2nc(NC3CCCCCC3)cc(N(C)C)n2)CC1. The molecule has 134 valence electrons. The second-order valence-electron chi connectivity index (χ2n) is 7.43. The number of aromatic nitrogens is 2. The van der Waals surface area contributed by atoms with Gasteiger partial charge >= 0.3 is 0 Å². The third-order valence-electron chi connectivity index (χ3n) is 5.15. The summed E-state index contributed by atoms with van der Waals surface area (Å²) in [5, 5.41) is 3.69. The van der Waals surface area contributed by atoms with Gasteiger partial charge in [-0.25, -0.2) is 0 Å². The molecule has 2 heterocycles. The first-order valence-corrected chi connectivity index (χ1v) is 9.38. The van der Waals surface area contributed by atoms with Crippen molar-refractivity contribution < 1.29 is 0 Å². The second-order valence-corrected chi connectivity index (χ2v) is 7.43. The van der Waals surface area contributed by atoms with E-state index >= 15 is 0 Å². The molecule has 0 radical (unpaired) electrons. The lowest BCUT2D eigenvalue weighted by Gasteiger charge is -2.33. The first-order chi connectivity index (χ1) is 11.6. The maximum absolute atomic E-state index is 4.85. The number of rotatable bonds is 4. The number of likely N-dealkylation sites (N-methyl/N-ethyl adjacent to an activating group) is 1. The van der Waals surface area contributed by atoms with E-state index in [9.17, 15) is 0 Å². The number of hydrogen-bond acceptors (Lipinski definition) is 6. The largest absolute Gasteiger partial charge is 0.367 e. The molecule has 1 saturated carbocycles. The summed E-state index contributed by atoms with van der Waals surface area (Å²) in [5.74, 6) is 2.83. The van der Waals surface area contributed by atoms with Crippen molar-refractivity contribution in [2.45, 2.75) is 44.6 Å². The van der Waals surface area contributed by atoms with E-state index in [1.807, 2.05) is 14.1 Å². The van der Waals surface area contributed by atoms with E-state index in [1.54, 1.807) is 0 Å². The molecule has 0 atom stereocenters. The fraction of sp³-hybridized carbons (Fsp3) is 0.778. The molecule has 0 spiro atoms. The number of nitrogens with zero attached hydrogens (tertiary/aromatic N) is 5. The van der Waals surface area contributed by atoms with E-state index in [4.69, 9.17) is 9.97 Å². The number of hydrogen-bond donors (Lipinski definition) is 1. The van der Waals surface area contributed by atoms with Crippen LogP contribution >= 0.6 is 0 Å². The Labute approximate surface area is 146 Å². The average Bonchev–Trinajstić information content (AvgIpc) is 2.84. The number of piperazine rings is 1. The smallest absolute Gasteiger partial charge is 0.229 e. The van der Waals surface area contributed by atoms with Crippen molar-refractivity contribution in [3.05, 3.63) is 6.07 Å².